The van der Waals surface area contributed by atoms with Gasteiger partial charge in [-0.3, -0.25) is 0 Å². The van der Waals surface area contributed by atoms with Gasteiger partial charge in [0.15, 0.2) is 0 Å². The molecule has 0 N–H and O–H groups in total. The predicted octanol–water partition coefficient (Wildman–Crippen LogP) is 4.15. The maximum Gasteiger partial charge on any atom is 0.131 e. The number of fused-ring (bicyclic) bond motifs is 2. The van der Waals surface area contributed by atoms with Gasteiger partial charge in [-0.25, -0.2) is 0 Å². The molecule has 0 spiro atoms. The molecular formula is C17H16O2. The number of carbonyl (C=O) groups is 1. The van der Waals surface area contributed by atoms with Gasteiger partial charge < -0.3 is 9.53 Å². The van der Waals surface area contributed by atoms with Crippen LogP contribution in [0, 0.1) is 5.92 Å². The van der Waals surface area contributed by atoms with Crippen molar-refractivity contribution in [3.05, 3.63) is 59.7 Å². The van der Waals surface area contributed by atoms with Crippen LogP contribution in [0.2, 0.25) is 0 Å². The Morgan fingerprint density at radius 2 is 1.58 bits per heavy atom. The van der Waals surface area contributed by atoms with E-state index < -0.39 is 0 Å². The Morgan fingerprint density at radius 3 is 2.05 bits per heavy atom. The molecule has 0 radical (unpaired) electrons. The van der Waals surface area contributed by atoms with Crippen LogP contribution in [0.25, 0.3) is 0 Å². The minimum Gasteiger partial charge on any atom is -0.457 e. The molecule has 0 saturated heterocycles. The summed E-state index contributed by atoms with van der Waals surface area (Å²) in [5.41, 5.74) is 2.22. The van der Waals surface area contributed by atoms with Crippen molar-refractivity contribution in [3.63, 3.8) is 0 Å². The second kappa shape index (κ2) is 4.88. The lowest BCUT2D eigenvalue weighted by atomic mass is 9.78. The summed E-state index contributed by atoms with van der Waals surface area (Å²) in [6, 6.07) is 16.0. The largest absolute Gasteiger partial charge is 0.457 e. The van der Waals surface area contributed by atoms with E-state index in [-0.39, 0.29) is 11.8 Å². The zero-order valence-corrected chi connectivity index (χ0v) is 10.9. The Kier molecular flexibility index (Phi) is 3.08. The van der Waals surface area contributed by atoms with Crippen LogP contribution in [0.15, 0.2) is 48.5 Å². The number of para-hydroxylation sites is 2. The molecule has 0 fully saturated rings. The van der Waals surface area contributed by atoms with Crippen LogP contribution >= 0.6 is 0 Å². The number of ether oxygens (including phenoxy) is 1. The van der Waals surface area contributed by atoms with E-state index in [4.69, 9.17) is 4.74 Å². The number of hydrogen-bond donors (Lipinski definition) is 0. The second-order valence-corrected chi connectivity index (χ2v) is 4.86. The first-order valence-electron chi connectivity index (χ1n) is 6.66. The molecule has 19 heavy (non-hydrogen) atoms. The van der Waals surface area contributed by atoms with Gasteiger partial charge in [0.2, 0.25) is 0 Å². The molecule has 0 amide bonds. The third-order valence-electron chi connectivity index (χ3n) is 3.80. The van der Waals surface area contributed by atoms with E-state index in [1.807, 2.05) is 36.4 Å². The molecule has 1 heterocycles. The lowest BCUT2D eigenvalue weighted by molar-refractivity contribution is -0.111. The highest BCUT2D eigenvalue weighted by Crippen LogP contribution is 2.47. The smallest absolute Gasteiger partial charge is 0.131 e. The first-order valence-corrected chi connectivity index (χ1v) is 6.66. The highest BCUT2D eigenvalue weighted by atomic mass is 16.5. The number of rotatable bonds is 3. The Hall–Kier alpha value is -2.09. The zero-order valence-electron chi connectivity index (χ0n) is 10.9. The average Bonchev–Trinajstić information content (AvgIpc) is 2.47. The molecule has 2 aromatic rings. The number of carbonyl (C=O) groups excluding carboxylic acids is 1. The second-order valence-electron chi connectivity index (χ2n) is 4.86. The Labute approximate surface area is 113 Å². The van der Waals surface area contributed by atoms with Gasteiger partial charge in [0.25, 0.3) is 0 Å². The van der Waals surface area contributed by atoms with Crippen molar-refractivity contribution in [2.75, 3.05) is 0 Å². The van der Waals surface area contributed by atoms with E-state index in [0.717, 1.165) is 35.3 Å². The molecule has 0 unspecified atom stereocenters. The standard InChI is InChI=1S/C17H16O2/c1-2-12(11-18)17-13-7-3-5-9-15(13)19-16-10-6-4-8-14(16)17/h3-12,17H,2H2,1H3/t12-/m0/s1. The van der Waals surface area contributed by atoms with Crippen molar-refractivity contribution >= 4 is 6.29 Å². The number of hydrogen-bond acceptors (Lipinski definition) is 2. The molecule has 2 nitrogen and oxygen atoms in total. The summed E-state index contributed by atoms with van der Waals surface area (Å²) in [5, 5.41) is 0. The lowest BCUT2D eigenvalue weighted by Gasteiger charge is -2.31. The number of aldehydes is 1. The monoisotopic (exact) mass is 252 g/mol. The van der Waals surface area contributed by atoms with Crippen molar-refractivity contribution in [1.82, 2.24) is 0 Å². The molecule has 0 saturated carbocycles. The van der Waals surface area contributed by atoms with E-state index in [1.165, 1.54) is 0 Å². The van der Waals surface area contributed by atoms with Crippen molar-refractivity contribution in [2.45, 2.75) is 19.3 Å². The van der Waals surface area contributed by atoms with E-state index in [0.29, 0.717) is 0 Å². The SMILES string of the molecule is CC[C@@H](C=O)C1c2ccccc2Oc2ccccc21. The molecule has 1 aliphatic rings. The fourth-order valence-electron chi connectivity index (χ4n) is 2.82. The first-order chi connectivity index (χ1) is 9.35. The number of benzene rings is 2. The van der Waals surface area contributed by atoms with Gasteiger partial charge in [-0.15, -0.1) is 0 Å². The van der Waals surface area contributed by atoms with Gasteiger partial charge in [-0.2, -0.15) is 0 Å². The molecule has 0 aliphatic carbocycles. The topological polar surface area (TPSA) is 26.3 Å². The summed E-state index contributed by atoms with van der Waals surface area (Å²) in [7, 11) is 0. The molecule has 0 aromatic heterocycles. The van der Waals surface area contributed by atoms with Crippen molar-refractivity contribution in [3.8, 4) is 11.5 Å². The molecule has 96 valence electrons. The van der Waals surface area contributed by atoms with Gasteiger partial charge in [0, 0.05) is 23.0 Å². The van der Waals surface area contributed by atoms with Gasteiger partial charge in [0.05, 0.1) is 0 Å². The highest BCUT2D eigenvalue weighted by Gasteiger charge is 2.31. The Bertz CT molecular complexity index is 558. The molecule has 3 rings (SSSR count). The maximum atomic E-state index is 11.4. The highest BCUT2D eigenvalue weighted by molar-refractivity contribution is 5.63. The minimum absolute atomic E-state index is 0.00815. The summed E-state index contributed by atoms with van der Waals surface area (Å²) in [4.78, 5) is 11.4. The maximum absolute atomic E-state index is 11.4. The molecule has 2 heteroatoms. The minimum atomic E-state index is -0.00815. The van der Waals surface area contributed by atoms with E-state index in [2.05, 4.69) is 19.1 Å². The fraction of sp³-hybridized carbons (Fsp3) is 0.235. The summed E-state index contributed by atoms with van der Waals surface area (Å²) in [5.74, 6) is 1.83. The lowest BCUT2D eigenvalue weighted by Crippen LogP contribution is -2.19. The first kappa shape index (κ1) is 12.0. The van der Waals surface area contributed by atoms with Gasteiger partial charge in [-0.1, -0.05) is 43.3 Å². The third kappa shape index (κ3) is 1.93. The Morgan fingerprint density at radius 1 is 1.05 bits per heavy atom. The summed E-state index contributed by atoms with van der Waals surface area (Å²) >= 11 is 0. The van der Waals surface area contributed by atoms with E-state index >= 15 is 0 Å². The van der Waals surface area contributed by atoms with Crippen molar-refractivity contribution in [2.24, 2.45) is 5.92 Å². The van der Waals surface area contributed by atoms with Gasteiger partial charge in [-0.05, 0) is 18.6 Å². The third-order valence-corrected chi connectivity index (χ3v) is 3.80. The molecular weight excluding hydrogens is 236 g/mol. The zero-order chi connectivity index (χ0) is 13.2. The van der Waals surface area contributed by atoms with E-state index in [1.54, 1.807) is 0 Å². The van der Waals surface area contributed by atoms with E-state index in [9.17, 15) is 4.79 Å². The molecule has 2 aromatic carbocycles. The van der Waals surface area contributed by atoms with Crippen molar-refractivity contribution < 1.29 is 9.53 Å². The van der Waals surface area contributed by atoms with Crippen LogP contribution in [-0.2, 0) is 4.79 Å². The summed E-state index contributed by atoms with van der Waals surface area (Å²) in [6.45, 7) is 2.06. The van der Waals surface area contributed by atoms with Crippen LogP contribution in [-0.4, -0.2) is 6.29 Å². The molecule has 1 atom stereocenters. The van der Waals surface area contributed by atoms with Crippen LogP contribution in [0.4, 0.5) is 0 Å². The molecule has 1 aliphatic heterocycles. The van der Waals surface area contributed by atoms with Crippen LogP contribution in [0.1, 0.15) is 30.4 Å². The van der Waals surface area contributed by atoms with Crippen LogP contribution in [0.3, 0.4) is 0 Å². The van der Waals surface area contributed by atoms with Gasteiger partial charge >= 0.3 is 0 Å². The van der Waals surface area contributed by atoms with Crippen LogP contribution in [0.5, 0.6) is 11.5 Å². The normalized spacial score (nSPS) is 15.0. The Balaban J connectivity index is 2.19. The predicted molar refractivity (Wildman–Crippen MR) is 74.6 cm³/mol. The van der Waals surface area contributed by atoms with Crippen LogP contribution < -0.4 is 4.74 Å². The van der Waals surface area contributed by atoms with Crippen molar-refractivity contribution in [1.29, 1.82) is 0 Å². The summed E-state index contributed by atoms with van der Waals surface area (Å²) in [6.07, 6.45) is 1.90. The average molecular weight is 252 g/mol. The fourth-order valence-corrected chi connectivity index (χ4v) is 2.82. The molecule has 0 bridgehead atoms. The quantitative estimate of drug-likeness (QED) is 0.767. The van der Waals surface area contributed by atoms with Gasteiger partial charge in [0.1, 0.15) is 17.8 Å². The summed E-state index contributed by atoms with van der Waals surface area (Å²) < 4.78 is 5.93.